The van der Waals surface area contributed by atoms with Crippen LogP contribution in [0.2, 0.25) is 0 Å². The molecule has 0 spiro atoms. The number of nitrogens with one attached hydrogen (secondary N) is 2. The summed E-state index contributed by atoms with van der Waals surface area (Å²) >= 11 is 0. The first-order valence-corrected chi connectivity index (χ1v) is 8.90. The Bertz CT molecular complexity index is 340. The summed E-state index contributed by atoms with van der Waals surface area (Å²) in [4.78, 5) is 17.8. The van der Waals surface area contributed by atoms with Gasteiger partial charge in [-0.15, -0.1) is 0 Å². The van der Waals surface area contributed by atoms with E-state index >= 15 is 0 Å². The van der Waals surface area contributed by atoms with Crippen molar-refractivity contribution in [1.82, 2.24) is 10.6 Å². The highest BCUT2D eigenvalue weighted by Gasteiger charge is 2.38. The van der Waals surface area contributed by atoms with Crippen molar-refractivity contribution in [1.29, 1.82) is 0 Å². The highest BCUT2D eigenvalue weighted by Crippen LogP contribution is 2.13. The Kier molecular flexibility index (Phi) is 16.8. The zero-order valence-electron chi connectivity index (χ0n) is 15.5. The molecule has 0 unspecified atom stereocenters. The molecule has 2 saturated heterocycles. The Morgan fingerprint density at radius 1 is 0.536 bits per heavy atom. The molecule has 0 saturated carbocycles. The van der Waals surface area contributed by atoms with Crippen LogP contribution in [-0.2, 0) is 9.59 Å². The maximum atomic E-state index is 10.6. The van der Waals surface area contributed by atoms with Gasteiger partial charge in [0.05, 0.1) is 0 Å². The lowest BCUT2D eigenvalue weighted by Gasteiger charge is -1.93. The number of aliphatic carboxylic acids is 2. The number of rotatable bonds is 0. The molecule has 2 aliphatic heterocycles. The summed E-state index contributed by atoms with van der Waals surface area (Å²) in [7, 11) is 0. The van der Waals surface area contributed by atoms with E-state index in [2.05, 4.69) is 10.6 Å². The van der Waals surface area contributed by atoms with Crippen LogP contribution in [0, 0.1) is 0 Å². The van der Waals surface area contributed by atoms with E-state index in [1.165, 1.54) is 77.5 Å². The molecule has 12 heteroatoms. The molecule has 0 aromatic heterocycles. The molecule has 2 fully saturated rings. The minimum absolute atomic E-state index is 1.25. The van der Waals surface area contributed by atoms with Crippen LogP contribution in [0.5, 0.6) is 0 Å². The number of hydrogen-bond donors (Lipinski definition) is 4. The standard InChI is InChI=1S/2C6H13N.2C2HF3O2/c2*1-2-4-6-7-5-3-1;2*3-2(4,5)1(6)7/h2*7H,1-6H2;2*(H,6,7). The Labute approximate surface area is 159 Å². The number of carboxylic acid groups (broad SMARTS) is 2. The van der Waals surface area contributed by atoms with Gasteiger partial charge in [-0.05, 0) is 51.9 Å². The number of alkyl halides is 6. The third-order valence-electron chi connectivity index (χ3n) is 3.40. The quantitative estimate of drug-likeness (QED) is 0.442. The second kappa shape index (κ2) is 16.4. The van der Waals surface area contributed by atoms with E-state index in [-0.39, 0.29) is 0 Å². The summed E-state index contributed by atoms with van der Waals surface area (Å²) in [6.07, 6.45) is 1.14. The van der Waals surface area contributed by atoms with Crippen molar-refractivity contribution < 1.29 is 46.1 Å². The second-order valence-electron chi connectivity index (χ2n) is 5.93. The lowest BCUT2D eigenvalue weighted by molar-refractivity contribution is -0.193. The summed E-state index contributed by atoms with van der Waals surface area (Å²) in [6, 6.07) is 0. The fourth-order valence-electron chi connectivity index (χ4n) is 1.96. The van der Waals surface area contributed by atoms with Gasteiger partial charge in [-0.25, -0.2) is 9.59 Å². The Morgan fingerprint density at radius 3 is 0.857 bits per heavy atom. The minimum atomic E-state index is -5.08. The fourth-order valence-corrected chi connectivity index (χ4v) is 1.96. The normalized spacial score (nSPS) is 17.6. The molecule has 168 valence electrons. The van der Waals surface area contributed by atoms with Crippen LogP contribution >= 0.6 is 0 Å². The summed E-state index contributed by atoms with van der Waals surface area (Å²) in [5.74, 6) is -5.51. The largest absolute Gasteiger partial charge is 0.490 e. The average molecular weight is 426 g/mol. The van der Waals surface area contributed by atoms with Gasteiger partial charge in [0.15, 0.2) is 0 Å². The lowest BCUT2D eigenvalue weighted by Crippen LogP contribution is -2.21. The first kappa shape index (κ1) is 28.6. The first-order valence-electron chi connectivity index (χ1n) is 8.90. The summed E-state index contributed by atoms with van der Waals surface area (Å²) in [5.41, 5.74) is 0. The Morgan fingerprint density at radius 2 is 0.714 bits per heavy atom. The summed E-state index contributed by atoms with van der Waals surface area (Å²) in [5, 5.41) is 20.9. The van der Waals surface area contributed by atoms with Gasteiger partial charge in [-0.1, -0.05) is 25.7 Å². The van der Waals surface area contributed by atoms with Crippen molar-refractivity contribution in [2.75, 3.05) is 26.2 Å². The molecule has 28 heavy (non-hydrogen) atoms. The van der Waals surface area contributed by atoms with Crippen molar-refractivity contribution in [2.24, 2.45) is 0 Å². The highest BCUT2D eigenvalue weighted by molar-refractivity contribution is 5.73. The first-order chi connectivity index (χ1) is 12.9. The number of carboxylic acids is 2. The van der Waals surface area contributed by atoms with Gasteiger partial charge in [0.2, 0.25) is 0 Å². The molecule has 0 aromatic carbocycles. The van der Waals surface area contributed by atoms with Crippen LogP contribution in [0.15, 0.2) is 0 Å². The predicted molar refractivity (Wildman–Crippen MR) is 90.1 cm³/mol. The SMILES string of the molecule is C1CCCNCC1.C1CCCNCC1.O=C(O)C(F)(F)F.O=C(O)C(F)(F)F. The molecule has 4 N–H and O–H groups in total. The van der Waals surface area contributed by atoms with E-state index in [9.17, 15) is 26.3 Å². The smallest absolute Gasteiger partial charge is 0.475 e. The van der Waals surface area contributed by atoms with Crippen molar-refractivity contribution in [3.05, 3.63) is 0 Å². The van der Waals surface area contributed by atoms with Crippen LogP contribution in [-0.4, -0.2) is 60.7 Å². The van der Waals surface area contributed by atoms with Gasteiger partial charge in [-0.2, -0.15) is 26.3 Å². The van der Waals surface area contributed by atoms with E-state index < -0.39 is 24.3 Å². The second-order valence-corrected chi connectivity index (χ2v) is 5.93. The van der Waals surface area contributed by atoms with Crippen molar-refractivity contribution in [2.45, 2.75) is 63.7 Å². The van der Waals surface area contributed by atoms with Crippen LogP contribution in [0.3, 0.4) is 0 Å². The molecule has 6 nitrogen and oxygen atoms in total. The molecule has 0 aromatic rings. The van der Waals surface area contributed by atoms with E-state index in [1.54, 1.807) is 0 Å². The molecule has 0 aliphatic carbocycles. The molecular weight excluding hydrogens is 398 g/mol. The maximum absolute atomic E-state index is 10.6. The van der Waals surface area contributed by atoms with Gasteiger partial charge in [0.1, 0.15) is 0 Å². The van der Waals surface area contributed by atoms with Crippen molar-refractivity contribution in [3.8, 4) is 0 Å². The monoisotopic (exact) mass is 426 g/mol. The number of carbonyl (C=O) groups is 2. The maximum Gasteiger partial charge on any atom is 0.490 e. The summed E-state index contributed by atoms with van der Waals surface area (Å²) in [6.45, 7) is 5.00. The molecule has 0 bridgehead atoms. The zero-order valence-corrected chi connectivity index (χ0v) is 15.5. The third-order valence-corrected chi connectivity index (χ3v) is 3.40. The van der Waals surface area contributed by atoms with E-state index in [1.807, 2.05) is 0 Å². The Hall–Kier alpha value is -1.56. The molecule has 2 aliphatic rings. The van der Waals surface area contributed by atoms with E-state index in [0.29, 0.717) is 0 Å². The predicted octanol–water partition coefficient (Wildman–Crippen LogP) is 3.57. The number of halogens is 6. The molecule has 2 heterocycles. The molecule has 0 atom stereocenters. The van der Waals surface area contributed by atoms with Crippen LogP contribution in [0.4, 0.5) is 26.3 Å². The average Bonchev–Trinajstić information content (AvgIpc) is 3.04. The van der Waals surface area contributed by atoms with Gasteiger partial charge in [0, 0.05) is 0 Å². The summed E-state index contributed by atoms with van der Waals surface area (Å²) < 4.78 is 63.5. The van der Waals surface area contributed by atoms with Crippen LogP contribution in [0.1, 0.15) is 51.4 Å². The van der Waals surface area contributed by atoms with Crippen molar-refractivity contribution >= 4 is 11.9 Å². The van der Waals surface area contributed by atoms with Gasteiger partial charge < -0.3 is 20.8 Å². The zero-order chi connectivity index (χ0) is 22.1. The van der Waals surface area contributed by atoms with Crippen molar-refractivity contribution in [3.63, 3.8) is 0 Å². The van der Waals surface area contributed by atoms with Gasteiger partial charge >= 0.3 is 24.3 Å². The van der Waals surface area contributed by atoms with E-state index in [4.69, 9.17) is 19.8 Å². The topological polar surface area (TPSA) is 98.7 Å². The van der Waals surface area contributed by atoms with Gasteiger partial charge in [0.25, 0.3) is 0 Å². The highest BCUT2D eigenvalue weighted by atomic mass is 19.4. The lowest BCUT2D eigenvalue weighted by atomic mass is 10.2. The number of hydrogen-bond acceptors (Lipinski definition) is 4. The molecule has 2 rings (SSSR count). The van der Waals surface area contributed by atoms with Gasteiger partial charge in [-0.3, -0.25) is 0 Å². The molecular formula is C16H28F6N2O4. The van der Waals surface area contributed by atoms with E-state index in [0.717, 1.165) is 0 Å². The Balaban J connectivity index is 0. The molecule has 0 radical (unpaired) electrons. The van der Waals surface area contributed by atoms with Crippen LogP contribution < -0.4 is 10.6 Å². The third kappa shape index (κ3) is 22.5. The minimum Gasteiger partial charge on any atom is -0.475 e. The fraction of sp³-hybridized carbons (Fsp3) is 0.875. The van der Waals surface area contributed by atoms with Crippen LogP contribution in [0.25, 0.3) is 0 Å². The molecule has 0 amide bonds.